The number of ketones is 1. The summed E-state index contributed by atoms with van der Waals surface area (Å²) in [5, 5.41) is 9.14. The second-order valence-electron chi connectivity index (χ2n) is 7.24. The van der Waals surface area contributed by atoms with Crippen LogP contribution in [0.15, 0.2) is 41.8 Å². The molecule has 1 aromatic carbocycles. The summed E-state index contributed by atoms with van der Waals surface area (Å²) in [6, 6.07) is 11.7. The second-order valence-corrected chi connectivity index (χ2v) is 8.22. The summed E-state index contributed by atoms with van der Waals surface area (Å²) in [6.45, 7) is 7.83. The van der Waals surface area contributed by atoms with E-state index in [4.69, 9.17) is 0 Å². The maximum absolute atomic E-state index is 12.8. The van der Waals surface area contributed by atoms with Crippen molar-refractivity contribution in [1.82, 2.24) is 15.1 Å². The molecule has 1 atom stereocenters. The monoisotopic (exact) mass is 395 g/mol. The molecule has 28 heavy (non-hydrogen) atoms. The Morgan fingerprint density at radius 1 is 1.07 bits per heavy atom. The fraction of sp³-hybridized carbons (Fsp3) is 0.318. The second kappa shape index (κ2) is 8.10. The molecule has 0 radical (unpaired) electrons. The van der Waals surface area contributed by atoms with E-state index in [9.17, 15) is 9.59 Å². The summed E-state index contributed by atoms with van der Waals surface area (Å²) in [7, 11) is 1.77. The largest absolute Gasteiger partial charge is 0.337 e. The molecule has 0 aliphatic rings. The van der Waals surface area contributed by atoms with Gasteiger partial charge in [0.05, 0.1) is 17.3 Å². The quantitative estimate of drug-likeness (QED) is 0.500. The van der Waals surface area contributed by atoms with Crippen molar-refractivity contribution in [3.05, 3.63) is 74.7 Å². The fourth-order valence-corrected chi connectivity index (χ4v) is 4.06. The number of nitrogens with one attached hydrogen (secondary N) is 1. The Bertz CT molecular complexity index is 986. The third-order valence-electron chi connectivity index (χ3n) is 4.98. The Morgan fingerprint density at radius 3 is 2.21 bits per heavy atom. The number of thiophene rings is 1. The summed E-state index contributed by atoms with van der Waals surface area (Å²) < 4.78 is 1.62. The van der Waals surface area contributed by atoms with Crippen molar-refractivity contribution < 1.29 is 9.59 Å². The number of hydrogen-bond donors (Lipinski definition) is 1. The van der Waals surface area contributed by atoms with Crippen LogP contribution in [0.3, 0.4) is 0 Å². The lowest BCUT2D eigenvalue weighted by atomic mass is 9.98. The minimum absolute atomic E-state index is 0.366. The third-order valence-corrected chi connectivity index (χ3v) is 5.92. The van der Waals surface area contributed by atoms with Crippen molar-refractivity contribution in [2.24, 2.45) is 7.05 Å². The highest BCUT2D eigenvalue weighted by Crippen LogP contribution is 2.28. The van der Waals surface area contributed by atoms with Crippen molar-refractivity contribution in [1.29, 1.82) is 0 Å². The number of Topliss-reactive ketones (excluding diaryl/α,β-unsaturated/α-hetero) is 1. The Labute approximate surface area is 169 Å². The van der Waals surface area contributed by atoms with Crippen LogP contribution in [0, 0.1) is 13.8 Å². The number of hydrogen-bond acceptors (Lipinski definition) is 4. The maximum Gasteiger partial charge on any atom is 0.293 e. The van der Waals surface area contributed by atoms with Crippen LogP contribution in [-0.4, -0.2) is 21.5 Å². The Hall–Kier alpha value is -2.73. The average Bonchev–Trinajstić information content (AvgIpc) is 3.28. The number of benzene rings is 1. The van der Waals surface area contributed by atoms with Crippen molar-refractivity contribution in [2.45, 2.75) is 39.7 Å². The first-order valence-electron chi connectivity index (χ1n) is 9.28. The van der Waals surface area contributed by atoms with Crippen LogP contribution >= 0.6 is 11.3 Å². The molecule has 146 valence electrons. The molecule has 1 amide bonds. The molecule has 0 saturated heterocycles. The molecule has 0 unspecified atom stereocenters. The van der Waals surface area contributed by atoms with Gasteiger partial charge >= 0.3 is 0 Å². The molecule has 0 bridgehead atoms. The number of rotatable bonds is 6. The van der Waals surface area contributed by atoms with Gasteiger partial charge in [0.15, 0.2) is 0 Å². The summed E-state index contributed by atoms with van der Waals surface area (Å²) in [5.74, 6) is -0.740. The van der Waals surface area contributed by atoms with Crippen LogP contribution < -0.4 is 5.32 Å². The summed E-state index contributed by atoms with van der Waals surface area (Å²) in [5.41, 5.74) is 3.81. The number of carbonyl (C=O) groups excluding carboxylic acids is 2. The molecule has 2 heterocycles. The zero-order valence-electron chi connectivity index (χ0n) is 16.8. The molecule has 5 nitrogen and oxygen atoms in total. The predicted molar refractivity (Wildman–Crippen MR) is 112 cm³/mol. The van der Waals surface area contributed by atoms with Crippen LogP contribution in [0.2, 0.25) is 0 Å². The molecule has 1 N–H and O–H groups in total. The normalized spacial score (nSPS) is 12.2. The summed E-state index contributed by atoms with van der Waals surface area (Å²) in [4.78, 5) is 26.6. The predicted octanol–water partition coefficient (Wildman–Crippen LogP) is 4.31. The highest BCUT2D eigenvalue weighted by Gasteiger charge is 2.27. The van der Waals surface area contributed by atoms with E-state index in [1.165, 1.54) is 5.56 Å². The standard InChI is InChI=1S/C22H25N3O2S/c1-13(2)16-8-10-17(11-9-16)20(18-7-6-12-28-18)23-22(27)21(26)19-14(3)24-25(5)15(19)4/h6-13,20H,1-5H3,(H,23,27)/t20-/m0/s1. The molecular formula is C22H25N3O2S. The lowest BCUT2D eigenvalue weighted by Gasteiger charge is -2.18. The first-order valence-corrected chi connectivity index (χ1v) is 10.2. The topological polar surface area (TPSA) is 64.0 Å². The van der Waals surface area contributed by atoms with E-state index >= 15 is 0 Å². The number of nitrogens with zero attached hydrogens (tertiary/aromatic N) is 2. The zero-order valence-corrected chi connectivity index (χ0v) is 17.6. The van der Waals surface area contributed by atoms with E-state index in [-0.39, 0.29) is 6.04 Å². The van der Waals surface area contributed by atoms with E-state index < -0.39 is 11.7 Å². The molecule has 2 aromatic heterocycles. The van der Waals surface area contributed by atoms with Gasteiger partial charge in [-0.2, -0.15) is 5.10 Å². The van der Waals surface area contributed by atoms with Gasteiger partial charge in [-0.15, -0.1) is 11.3 Å². The van der Waals surface area contributed by atoms with Gasteiger partial charge in [-0.05, 0) is 42.3 Å². The van der Waals surface area contributed by atoms with Crippen LogP contribution in [-0.2, 0) is 11.8 Å². The van der Waals surface area contributed by atoms with Gasteiger partial charge < -0.3 is 5.32 Å². The number of aromatic nitrogens is 2. The number of carbonyl (C=O) groups is 2. The third kappa shape index (κ3) is 3.92. The minimum Gasteiger partial charge on any atom is -0.337 e. The van der Waals surface area contributed by atoms with Crippen LogP contribution in [0.25, 0.3) is 0 Å². The number of amides is 1. The highest BCUT2D eigenvalue weighted by molar-refractivity contribution is 7.10. The van der Waals surface area contributed by atoms with Gasteiger partial charge in [-0.25, -0.2) is 0 Å². The van der Waals surface area contributed by atoms with E-state index in [2.05, 4.69) is 36.4 Å². The average molecular weight is 396 g/mol. The molecule has 3 rings (SSSR count). The van der Waals surface area contributed by atoms with Gasteiger partial charge in [-0.1, -0.05) is 44.2 Å². The van der Waals surface area contributed by atoms with Crippen molar-refractivity contribution in [3.63, 3.8) is 0 Å². The van der Waals surface area contributed by atoms with Gasteiger partial charge in [0.2, 0.25) is 0 Å². The summed E-state index contributed by atoms with van der Waals surface area (Å²) in [6.07, 6.45) is 0. The highest BCUT2D eigenvalue weighted by atomic mass is 32.1. The first kappa shape index (κ1) is 20.0. The first-order chi connectivity index (χ1) is 13.3. The number of aryl methyl sites for hydroxylation is 2. The van der Waals surface area contributed by atoms with Crippen molar-refractivity contribution >= 4 is 23.0 Å². The lowest BCUT2D eigenvalue weighted by molar-refractivity contribution is -0.117. The Kier molecular flexibility index (Phi) is 5.79. The van der Waals surface area contributed by atoms with E-state index in [1.807, 2.05) is 29.6 Å². The lowest BCUT2D eigenvalue weighted by Crippen LogP contribution is -2.35. The molecule has 0 fully saturated rings. The van der Waals surface area contributed by atoms with Crippen LogP contribution in [0.5, 0.6) is 0 Å². The van der Waals surface area contributed by atoms with E-state index in [0.717, 1.165) is 10.4 Å². The van der Waals surface area contributed by atoms with Gasteiger partial charge in [0.25, 0.3) is 11.7 Å². The zero-order chi connectivity index (χ0) is 20.4. The molecule has 0 aliphatic carbocycles. The van der Waals surface area contributed by atoms with Gasteiger partial charge in [0, 0.05) is 17.6 Å². The molecule has 0 aliphatic heterocycles. The molecular weight excluding hydrogens is 370 g/mol. The Balaban J connectivity index is 1.90. The van der Waals surface area contributed by atoms with Gasteiger partial charge in [-0.3, -0.25) is 14.3 Å². The van der Waals surface area contributed by atoms with Crippen LogP contribution in [0.1, 0.15) is 63.6 Å². The van der Waals surface area contributed by atoms with Crippen molar-refractivity contribution in [2.75, 3.05) is 0 Å². The van der Waals surface area contributed by atoms with Crippen LogP contribution in [0.4, 0.5) is 0 Å². The van der Waals surface area contributed by atoms with Gasteiger partial charge in [0.1, 0.15) is 0 Å². The fourth-order valence-electron chi connectivity index (χ4n) is 3.26. The minimum atomic E-state index is -0.620. The SMILES string of the molecule is Cc1nn(C)c(C)c1C(=O)C(=O)N[C@@H](c1ccc(C(C)C)cc1)c1cccs1. The smallest absolute Gasteiger partial charge is 0.293 e. The Morgan fingerprint density at radius 2 is 1.71 bits per heavy atom. The molecule has 0 spiro atoms. The molecule has 6 heteroatoms. The molecule has 3 aromatic rings. The maximum atomic E-state index is 12.8. The van der Waals surface area contributed by atoms with Crippen molar-refractivity contribution in [3.8, 4) is 0 Å². The van der Waals surface area contributed by atoms with E-state index in [0.29, 0.717) is 22.9 Å². The van der Waals surface area contributed by atoms with E-state index in [1.54, 1.807) is 36.9 Å². The molecule has 0 saturated carbocycles. The summed E-state index contributed by atoms with van der Waals surface area (Å²) >= 11 is 1.55.